The molecule has 1 heterocycles. The molecule has 1 amide bonds. The van der Waals surface area contributed by atoms with E-state index in [1.54, 1.807) is 18.5 Å². The molecular formula is C20H22N2O2. The number of hydrogen-bond acceptors (Lipinski definition) is 3. The average Bonchev–Trinajstić information content (AvgIpc) is 2.64. The fourth-order valence-electron chi connectivity index (χ4n) is 2.31. The van der Waals surface area contributed by atoms with E-state index in [0.29, 0.717) is 12.1 Å². The molecule has 4 nitrogen and oxygen atoms in total. The van der Waals surface area contributed by atoms with E-state index >= 15 is 0 Å². The van der Waals surface area contributed by atoms with Gasteiger partial charge in [0.25, 0.3) is 0 Å². The van der Waals surface area contributed by atoms with E-state index in [-0.39, 0.29) is 5.91 Å². The van der Waals surface area contributed by atoms with Gasteiger partial charge in [0.05, 0.1) is 0 Å². The van der Waals surface area contributed by atoms with Crippen molar-refractivity contribution < 1.29 is 9.59 Å². The number of unbranched alkanes of at least 4 members (excludes halogenated alkanes) is 2. The molecule has 1 aromatic carbocycles. The largest absolute Gasteiger partial charge is 0.353 e. The van der Waals surface area contributed by atoms with Gasteiger partial charge >= 0.3 is 0 Å². The highest BCUT2D eigenvalue weighted by molar-refractivity contribution is 5.91. The van der Waals surface area contributed by atoms with Gasteiger partial charge in [0.15, 0.2) is 0 Å². The van der Waals surface area contributed by atoms with Gasteiger partial charge in [-0.1, -0.05) is 36.8 Å². The van der Waals surface area contributed by atoms with Crippen molar-refractivity contribution in [2.45, 2.75) is 25.7 Å². The van der Waals surface area contributed by atoms with Crippen molar-refractivity contribution in [3.8, 4) is 0 Å². The molecule has 0 aliphatic heterocycles. The summed E-state index contributed by atoms with van der Waals surface area (Å²) in [6.07, 6.45) is 11.6. The third kappa shape index (κ3) is 6.57. The number of aryl methyl sites for hydroxylation is 1. The third-order valence-electron chi connectivity index (χ3n) is 3.67. The lowest BCUT2D eigenvalue weighted by Gasteiger charge is -2.03. The number of amides is 1. The fraction of sp³-hybridized carbons (Fsp3) is 0.250. The lowest BCUT2D eigenvalue weighted by molar-refractivity contribution is -0.116. The number of nitrogens with one attached hydrogen (secondary N) is 1. The van der Waals surface area contributed by atoms with Crippen LogP contribution in [-0.2, 0) is 11.2 Å². The Hall–Kier alpha value is -2.75. The number of aromatic nitrogens is 1. The van der Waals surface area contributed by atoms with E-state index in [0.717, 1.165) is 37.5 Å². The van der Waals surface area contributed by atoms with Crippen LogP contribution in [0.2, 0.25) is 0 Å². The number of nitrogens with zero attached hydrogens (tertiary/aromatic N) is 1. The van der Waals surface area contributed by atoms with Crippen molar-refractivity contribution in [1.82, 2.24) is 10.3 Å². The number of benzene rings is 1. The third-order valence-corrected chi connectivity index (χ3v) is 3.67. The summed E-state index contributed by atoms with van der Waals surface area (Å²) in [6.45, 7) is 0.681. The van der Waals surface area contributed by atoms with Crippen LogP contribution in [-0.4, -0.2) is 23.7 Å². The molecule has 0 unspecified atom stereocenters. The maximum atomic E-state index is 11.7. The Bertz CT molecular complexity index is 664. The van der Waals surface area contributed by atoms with Gasteiger partial charge in [0.2, 0.25) is 5.91 Å². The topological polar surface area (TPSA) is 59.1 Å². The minimum absolute atomic E-state index is 0.0803. The summed E-state index contributed by atoms with van der Waals surface area (Å²) in [5.74, 6) is -0.0803. The van der Waals surface area contributed by atoms with Crippen LogP contribution < -0.4 is 5.32 Å². The molecule has 0 fully saturated rings. The van der Waals surface area contributed by atoms with Gasteiger partial charge < -0.3 is 5.32 Å². The van der Waals surface area contributed by atoms with Crippen molar-refractivity contribution >= 4 is 18.3 Å². The van der Waals surface area contributed by atoms with Crippen molar-refractivity contribution in [2.24, 2.45) is 0 Å². The predicted octanol–water partition coefficient (Wildman–Crippen LogP) is 3.44. The van der Waals surface area contributed by atoms with Crippen LogP contribution in [0, 0.1) is 0 Å². The molecule has 1 N–H and O–H groups in total. The monoisotopic (exact) mass is 322 g/mol. The fourth-order valence-corrected chi connectivity index (χ4v) is 2.31. The molecule has 2 aromatic rings. The second kappa shape index (κ2) is 10.1. The predicted molar refractivity (Wildman–Crippen MR) is 95.7 cm³/mol. The Kier molecular flexibility index (Phi) is 7.41. The van der Waals surface area contributed by atoms with Gasteiger partial charge in [-0.2, -0.15) is 0 Å². The van der Waals surface area contributed by atoms with Gasteiger partial charge in [-0.25, -0.2) is 0 Å². The first-order valence-electron chi connectivity index (χ1n) is 8.18. The first kappa shape index (κ1) is 17.6. The molecule has 1 aromatic heterocycles. The van der Waals surface area contributed by atoms with E-state index in [1.807, 2.05) is 36.4 Å². The van der Waals surface area contributed by atoms with Gasteiger partial charge in [0, 0.05) is 30.6 Å². The quantitative estimate of drug-likeness (QED) is 0.437. The normalized spacial score (nSPS) is 10.7. The molecule has 0 spiro atoms. The van der Waals surface area contributed by atoms with Crippen LogP contribution in [0.4, 0.5) is 0 Å². The molecule has 0 aliphatic carbocycles. The summed E-state index contributed by atoms with van der Waals surface area (Å²) >= 11 is 0. The summed E-state index contributed by atoms with van der Waals surface area (Å²) in [5.41, 5.74) is 2.86. The lowest BCUT2D eigenvalue weighted by atomic mass is 10.1. The smallest absolute Gasteiger partial charge is 0.243 e. The number of carbonyl (C=O) groups is 2. The summed E-state index contributed by atoms with van der Waals surface area (Å²) in [5, 5.41) is 2.88. The number of pyridine rings is 1. The Balaban J connectivity index is 1.56. The Labute approximate surface area is 142 Å². The standard InChI is InChI=1S/C20H22N2O2/c23-16-19-9-7-17(8-10-19)5-2-1-3-14-22-20(24)12-11-18-6-4-13-21-15-18/h4,6-13,15-16H,1-3,5,14H2,(H,22,24)/b12-11+. The molecule has 0 aliphatic rings. The van der Waals surface area contributed by atoms with Gasteiger partial charge in [-0.3, -0.25) is 14.6 Å². The Morgan fingerprint density at radius 3 is 2.58 bits per heavy atom. The summed E-state index contributed by atoms with van der Waals surface area (Å²) in [6, 6.07) is 11.4. The average molecular weight is 322 g/mol. The molecule has 124 valence electrons. The van der Waals surface area contributed by atoms with E-state index in [1.165, 1.54) is 11.6 Å². The zero-order chi connectivity index (χ0) is 17.0. The van der Waals surface area contributed by atoms with Gasteiger partial charge in [-0.15, -0.1) is 0 Å². The van der Waals surface area contributed by atoms with Crippen LogP contribution in [0.15, 0.2) is 54.9 Å². The van der Waals surface area contributed by atoms with Gasteiger partial charge in [0.1, 0.15) is 6.29 Å². The van der Waals surface area contributed by atoms with Crippen molar-refractivity contribution in [3.05, 3.63) is 71.6 Å². The molecular weight excluding hydrogens is 300 g/mol. The second-order valence-corrected chi connectivity index (χ2v) is 5.58. The maximum Gasteiger partial charge on any atom is 0.243 e. The van der Waals surface area contributed by atoms with E-state index in [4.69, 9.17) is 0 Å². The zero-order valence-electron chi connectivity index (χ0n) is 13.7. The summed E-state index contributed by atoms with van der Waals surface area (Å²) in [7, 11) is 0. The van der Waals surface area contributed by atoms with Crippen molar-refractivity contribution in [3.63, 3.8) is 0 Å². The second-order valence-electron chi connectivity index (χ2n) is 5.58. The highest BCUT2D eigenvalue weighted by atomic mass is 16.1. The molecule has 2 rings (SSSR count). The minimum Gasteiger partial charge on any atom is -0.353 e. The van der Waals surface area contributed by atoms with E-state index in [9.17, 15) is 9.59 Å². The minimum atomic E-state index is -0.0803. The van der Waals surface area contributed by atoms with Crippen LogP contribution in [0.3, 0.4) is 0 Å². The summed E-state index contributed by atoms with van der Waals surface area (Å²) < 4.78 is 0. The summed E-state index contributed by atoms with van der Waals surface area (Å²) in [4.78, 5) is 26.3. The van der Waals surface area contributed by atoms with Crippen molar-refractivity contribution in [2.75, 3.05) is 6.54 Å². The first-order chi connectivity index (χ1) is 11.8. The number of carbonyl (C=O) groups excluding carboxylic acids is 2. The van der Waals surface area contributed by atoms with Crippen LogP contribution in [0.25, 0.3) is 6.08 Å². The van der Waals surface area contributed by atoms with Crippen LogP contribution in [0.5, 0.6) is 0 Å². The van der Waals surface area contributed by atoms with Crippen LogP contribution >= 0.6 is 0 Å². The molecule has 0 atom stereocenters. The van der Waals surface area contributed by atoms with Crippen LogP contribution in [0.1, 0.15) is 40.7 Å². The van der Waals surface area contributed by atoms with Gasteiger partial charge in [-0.05, 0) is 42.5 Å². The SMILES string of the molecule is O=Cc1ccc(CCCCCNC(=O)/C=C/c2cccnc2)cc1. The molecule has 0 bridgehead atoms. The Morgan fingerprint density at radius 1 is 1.04 bits per heavy atom. The highest BCUT2D eigenvalue weighted by Crippen LogP contribution is 2.07. The van der Waals surface area contributed by atoms with Crippen molar-refractivity contribution in [1.29, 1.82) is 0 Å². The maximum absolute atomic E-state index is 11.7. The first-order valence-corrected chi connectivity index (χ1v) is 8.18. The highest BCUT2D eigenvalue weighted by Gasteiger charge is 1.97. The lowest BCUT2D eigenvalue weighted by Crippen LogP contribution is -2.21. The molecule has 0 radical (unpaired) electrons. The molecule has 0 saturated carbocycles. The molecule has 24 heavy (non-hydrogen) atoms. The Morgan fingerprint density at radius 2 is 1.88 bits per heavy atom. The number of rotatable bonds is 9. The molecule has 4 heteroatoms. The zero-order valence-corrected chi connectivity index (χ0v) is 13.7. The van der Waals surface area contributed by atoms with E-state index < -0.39 is 0 Å². The number of hydrogen-bond donors (Lipinski definition) is 1. The van der Waals surface area contributed by atoms with E-state index in [2.05, 4.69) is 10.3 Å². The molecule has 0 saturated heterocycles. The number of aldehydes is 1.